The van der Waals surface area contributed by atoms with E-state index in [2.05, 4.69) is 59.7 Å². The van der Waals surface area contributed by atoms with Gasteiger partial charge in [0.1, 0.15) is 0 Å². The predicted octanol–water partition coefficient (Wildman–Crippen LogP) is 7.02. The molecule has 0 aliphatic rings. The number of fused-ring (bicyclic) bond motifs is 1. The number of hydrogen-bond acceptors (Lipinski definition) is 2. The molecule has 0 saturated heterocycles. The highest BCUT2D eigenvalue weighted by Gasteiger charge is 2.21. The number of aryl methyl sites for hydroxylation is 1. The van der Waals surface area contributed by atoms with E-state index in [1.165, 1.54) is 0 Å². The topological polar surface area (TPSA) is 39.8 Å². The highest BCUT2D eigenvalue weighted by Crippen LogP contribution is 2.33. The zero-order chi connectivity index (χ0) is 27.2. The van der Waals surface area contributed by atoms with Crippen molar-refractivity contribution in [1.82, 2.24) is 14.1 Å². The normalized spacial score (nSPS) is 10.1. The summed E-state index contributed by atoms with van der Waals surface area (Å²) in [6.07, 6.45) is 8.86. The first kappa shape index (κ1) is 26.0. The van der Waals surface area contributed by atoms with Gasteiger partial charge >= 0.3 is 5.69 Å². The van der Waals surface area contributed by atoms with Crippen molar-refractivity contribution in [3.63, 3.8) is 0 Å². The number of pyridine rings is 1. The third kappa shape index (κ3) is 4.81. The molecule has 0 fully saturated rings. The lowest BCUT2D eigenvalue weighted by Crippen LogP contribution is -2.21. The van der Waals surface area contributed by atoms with Gasteiger partial charge in [0.05, 0.1) is 22.6 Å². The molecule has 0 aliphatic carbocycles. The summed E-state index contributed by atoms with van der Waals surface area (Å²) < 4.78 is 3.35. The molecular formula is C34H29N3O. The first-order valence-electron chi connectivity index (χ1n) is 12.5. The average Bonchev–Trinajstić information content (AvgIpc) is 3.22. The fourth-order valence-corrected chi connectivity index (χ4v) is 4.44. The standard InChI is InChI=1S/C32H23N3O.C2H6/c1-5-7-10-23-14-17-27(18-15-23)35-31(30(6-2)34(4)32(35)36)28-20-24(16-13-22(28)3)26-19-25-11-8-9-12-29(25)33-21-26;1-2/h1,6,8-9,11-21H,2H2,3-4H3;1-2H3. The monoisotopic (exact) mass is 495 g/mol. The number of para-hydroxylation sites is 1. The van der Waals surface area contributed by atoms with Gasteiger partial charge < -0.3 is 0 Å². The molecule has 38 heavy (non-hydrogen) atoms. The molecule has 186 valence electrons. The maximum atomic E-state index is 13.4. The van der Waals surface area contributed by atoms with Crippen molar-refractivity contribution in [1.29, 1.82) is 0 Å². The molecule has 4 nitrogen and oxygen atoms in total. The molecule has 0 atom stereocenters. The first-order valence-corrected chi connectivity index (χ1v) is 12.5. The lowest BCUT2D eigenvalue weighted by Gasteiger charge is -2.14. The molecule has 0 radical (unpaired) electrons. The molecule has 0 spiro atoms. The number of rotatable bonds is 4. The highest BCUT2D eigenvalue weighted by atomic mass is 16.1. The lowest BCUT2D eigenvalue weighted by atomic mass is 9.97. The Morgan fingerprint density at radius 1 is 0.974 bits per heavy atom. The van der Waals surface area contributed by atoms with Crippen molar-refractivity contribution in [3.05, 3.63) is 113 Å². The molecular weight excluding hydrogens is 466 g/mol. The molecule has 0 unspecified atom stereocenters. The number of nitrogens with zero attached hydrogens (tertiary/aromatic N) is 3. The summed E-state index contributed by atoms with van der Waals surface area (Å²) >= 11 is 0. The van der Waals surface area contributed by atoms with Crippen LogP contribution < -0.4 is 5.69 Å². The molecule has 4 heteroatoms. The van der Waals surface area contributed by atoms with Crippen LogP contribution >= 0.6 is 0 Å². The van der Waals surface area contributed by atoms with E-state index in [1.54, 1.807) is 22.3 Å². The summed E-state index contributed by atoms with van der Waals surface area (Å²) in [5, 5.41) is 1.08. The van der Waals surface area contributed by atoms with Gasteiger partial charge in [-0.3, -0.25) is 14.1 Å². The Labute approximate surface area is 223 Å². The van der Waals surface area contributed by atoms with Crippen molar-refractivity contribution in [2.75, 3.05) is 0 Å². The minimum absolute atomic E-state index is 0.153. The van der Waals surface area contributed by atoms with Crippen LogP contribution in [0.4, 0.5) is 0 Å². The van der Waals surface area contributed by atoms with Gasteiger partial charge in [-0.05, 0) is 78.4 Å². The molecule has 0 bridgehead atoms. The summed E-state index contributed by atoms with van der Waals surface area (Å²) in [5.41, 5.74) is 7.88. The van der Waals surface area contributed by atoms with Gasteiger partial charge in [0.25, 0.3) is 0 Å². The minimum atomic E-state index is -0.153. The van der Waals surface area contributed by atoms with Crippen LogP contribution in [-0.4, -0.2) is 14.1 Å². The van der Waals surface area contributed by atoms with E-state index >= 15 is 0 Å². The first-order chi connectivity index (χ1) is 18.5. The molecule has 2 aromatic heterocycles. The summed E-state index contributed by atoms with van der Waals surface area (Å²) in [4.78, 5) is 18.1. The summed E-state index contributed by atoms with van der Waals surface area (Å²) in [6.45, 7) is 10.0. The second-order valence-corrected chi connectivity index (χ2v) is 8.50. The quantitative estimate of drug-likeness (QED) is 0.251. The highest BCUT2D eigenvalue weighted by molar-refractivity contribution is 5.85. The van der Waals surface area contributed by atoms with Crippen molar-refractivity contribution >= 4 is 17.0 Å². The molecule has 5 rings (SSSR count). The van der Waals surface area contributed by atoms with Crippen LogP contribution in [0.15, 0.2) is 90.4 Å². The van der Waals surface area contributed by atoms with Gasteiger partial charge in [0.15, 0.2) is 0 Å². The van der Waals surface area contributed by atoms with E-state index < -0.39 is 0 Å². The molecule has 2 heterocycles. The number of benzene rings is 3. The molecule has 0 saturated carbocycles. The third-order valence-corrected chi connectivity index (χ3v) is 6.32. The number of aromatic nitrogens is 3. The Morgan fingerprint density at radius 3 is 2.42 bits per heavy atom. The van der Waals surface area contributed by atoms with E-state index in [1.807, 2.05) is 69.4 Å². The lowest BCUT2D eigenvalue weighted by molar-refractivity contribution is 0.819. The number of imidazole rings is 1. The summed E-state index contributed by atoms with van der Waals surface area (Å²) in [6, 6.07) is 24.0. The van der Waals surface area contributed by atoms with Crippen LogP contribution in [0.3, 0.4) is 0 Å². The molecule has 0 aliphatic heterocycles. The maximum absolute atomic E-state index is 13.4. The van der Waals surface area contributed by atoms with Gasteiger partial charge in [-0.25, -0.2) is 4.79 Å². The Hall–Kier alpha value is -5.06. The van der Waals surface area contributed by atoms with Crippen LogP contribution in [0.2, 0.25) is 0 Å². The van der Waals surface area contributed by atoms with Crippen molar-refractivity contribution in [3.8, 4) is 52.3 Å². The van der Waals surface area contributed by atoms with Crippen LogP contribution in [0.25, 0.3) is 45.1 Å². The van der Waals surface area contributed by atoms with Crippen molar-refractivity contribution in [2.24, 2.45) is 7.05 Å². The molecule has 0 N–H and O–H groups in total. The van der Waals surface area contributed by atoms with Gasteiger partial charge in [-0.15, -0.1) is 6.42 Å². The number of hydrogen-bond donors (Lipinski definition) is 0. The van der Waals surface area contributed by atoms with E-state index in [-0.39, 0.29) is 5.69 Å². The van der Waals surface area contributed by atoms with Crippen molar-refractivity contribution < 1.29 is 0 Å². The SMILES string of the molecule is C#CC#Cc1ccc(-n2c(-c3cc(-c4cnc5ccccc5c4)ccc3C)c(C=C)n(C)c2=O)cc1.CC. The van der Waals surface area contributed by atoms with Crippen LogP contribution in [0.1, 0.15) is 30.7 Å². The Balaban J connectivity index is 0.00000164. The zero-order valence-corrected chi connectivity index (χ0v) is 22.1. The smallest absolute Gasteiger partial charge is 0.295 e. The fraction of sp³-hybridized carbons (Fsp3) is 0.118. The fourth-order valence-electron chi connectivity index (χ4n) is 4.44. The van der Waals surface area contributed by atoms with Crippen LogP contribution in [0.5, 0.6) is 0 Å². The molecule has 0 amide bonds. The van der Waals surface area contributed by atoms with E-state index in [0.717, 1.165) is 55.8 Å². The summed E-state index contributed by atoms with van der Waals surface area (Å²) in [7, 11) is 1.76. The van der Waals surface area contributed by atoms with Gasteiger partial charge in [0.2, 0.25) is 0 Å². The Kier molecular flexibility index (Phi) is 7.76. The second-order valence-electron chi connectivity index (χ2n) is 8.50. The molecule has 5 aromatic rings. The van der Waals surface area contributed by atoms with Gasteiger partial charge in [0, 0.05) is 35.3 Å². The van der Waals surface area contributed by atoms with E-state index in [4.69, 9.17) is 6.42 Å². The Morgan fingerprint density at radius 2 is 1.71 bits per heavy atom. The Bertz CT molecular complexity index is 1800. The van der Waals surface area contributed by atoms with Crippen molar-refractivity contribution in [2.45, 2.75) is 20.8 Å². The van der Waals surface area contributed by atoms with E-state index in [9.17, 15) is 4.79 Å². The minimum Gasteiger partial charge on any atom is -0.295 e. The maximum Gasteiger partial charge on any atom is 0.333 e. The third-order valence-electron chi connectivity index (χ3n) is 6.32. The molecule has 3 aromatic carbocycles. The second kappa shape index (κ2) is 11.3. The van der Waals surface area contributed by atoms with Crippen LogP contribution in [0, 0.1) is 31.1 Å². The zero-order valence-electron chi connectivity index (χ0n) is 22.1. The van der Waals surface area contributed by atoms with E-state index in [0.29, 0.717) is 0 Å². The van der Waals surface area contributed by atoms with Gasteiger partial charge in [-0.1, -0.05) is 56.7 Å². The summed E-state index contributed by atoms with van der Waals surface area (Å²) in [5.74, 6) is 7.85. The van der Waals surface area contributed by atoms with Crippen LogP contribution in [-0.2, 0) is 7.05 Å². The number of terminal acetylenes is 1. The average molecular weight is 496 g/mol. The largest absolute Gasteiger partial charge is 0.333 e. The van der Waals surface area contributed by atoms with Gasteiger partial charge in [-0.2, -0.15) is 0 Å². The predicted molar refractivity (Wildman–Crippen MR) is 159 cm³/mol.